The molecule has 0 saturated heterocycles. The number of ketones is 1. The van der Waals surface area contributed by atoms with Crippen molar-refractivity contribution in [2.24, 2.45) is 5.73 Å². The Morgan fingerprint density at radius 2 is 2.00 bits per heavy atom. The summed E-state index contributed by atoms with van der Waals surface area (Å²) < 4.78 is 0. The summed E-state index contributed by atoms with van der Waals surface area (Å²) in [5, 5.41) is 8.61. The van der Waals surface area contributed by atoms with Gasteiger partial charge < -0.3 is 10.8 Å². The van der Waals surface area contributed by atoms with Gasteiger partial charge in [-0.25, -0.2) is 0 Å². The number of rotatable bonds is 4. The van der Waals surface area contributed by atoms with Crippen LogP contribution in [0.5, 0.6) is 0 Å². The number of aliphatic carboxylic acids is 1. The number of carbonyl (C=O) groups is 2. The topological polar surface area (TPSA) is 80.4 Å². The second-order valence-corrected chi connectivity index (χ2v) is 3.89. The van der Waals surface area contributed by atoms with Crippen molar-refractivity contribution in [1.82, 2.24) is 0 Å². The molecule has 1 atom stereocenters. The number of carboxylic acids is 1. The van der Waals surface area contributed by atoms with E-state index in [1.165, 1.54) is 0 Å². The maximum absolute atomic E-state index is 11.7. The van der Waals surface area contributed by atoms with E-state index in [4.69, 9.17) is 10.8 Å². The van der Waals surface area contributed by atoms with Gasteiger partial charge in [-0.2, -0.15) is 0 Å². The van der Waals surface area contributed by atoms with E-state index in [0.29, 0.717) is 5.56 Å². The molecule has 0 heterocycles. The molecule has 0 aromatic heterocycles. The molecule has 1 aromatic rings. The summed E-state index contributed by atoms with van der Waals surface area (Å²) in [7, 11) is 0. The first-order chi connectivity index (χ1) is 7.41. The van der Waals surface area contributed by atoms with Gasteiger partial charge in [-0.05, 0) is 19.4 Å². The normalized spacial score (nSPS) is 12.2. The molecule has 0 aliphatic rings. The summed E-state index contributed by atoms with van der Waals surface area (Å²) in [5.74, 6) is -1.38. The molecule has 4 nitrogen and oxygen atoms in total. The van der Waals surface area contributed by atoms with Gasteiger partial charge in [-0.15, -0.1) is 0 Å². The molecule has 86 valence electrons. The SMILES string of the molecule is Cc1ccc(C(=O)CC(N)C(=O)O)c(C)c1. The third-order valence-electron chi connectivity index (χ3n) is 2.40. The molecule has 1 aromatic carbocycles. The summed E-state index contributed by atoms with van der Waals surface area (Å²) in [6.45, 7) is 3.76. The van der Waals surface area contributed by atoms with E-state index < -0.39 is 12.0 Å². The van der Waals surface area contributed by atoms with Gasteiger partial charge in [-0.1, -0.05) is 23.8 Å². The number of benzene rings is 1. The van der Waals surface area contributed by atoms with Gasteiger partial charge in [0.2, 0.25) is 0 Å². The molecule has 1 rings (SSSR count). The molecule has 0 spiro atoms. The van der Waals surface area contributed by atoms with Gasteiger partial charge in [-0.3, -0.25) is 9.59 Å². The summed E-state index contributed by atoms with van der Waals surface area (Å²) in [4.78, 5) is 22.3. The Bertz CT molecular complexity index is 426. The predicted octanol–water partition coefficient (Wildman–Crippen LogP) is 1.29. The Kier molecular flexibility index (Phi) is 3.79. The van der Waals surface area contributed by atoms with Gasteiger partial charge >= 0.3 is 5.97 Å². The molecule has 0 saturated carbocycles. The minimum atomic E-state index is -1.15. The Morgan fingerprint density at radius 1 is 1.38 bits per heavy atom. The van der Waals surface area contributed by atoms with Crippen LogP contribution in [-0.4, -0.2) is 22.9 Å². The van der Waals surface area contributed by atoms with E-state index >= 15 is 0 Å². The molecule has 0 bridgehead atoms. The molecule has 0 aliphatic heterocycles. The maximum Gasteiger partial charge on any atom is 0.320 e. The highest BCUT2D eigenvalue weighted by Gasteiger charge is 2.18. The largest absolute Gasteiger partial charge is 0.480 e. The van der Waals surface area contributed by atoms with E-state index in [1.54, 1.807) is 6.07 Å². The first kappa shape index (κ1) is 12.4. The van der Waals surface area contributed by atoms with Crippen molar-refractivity contribution in [1.29, 1.82) is 0 Å². The summed E-state index contributed by atoms with van der Waals surface area (Å²) in [6, 6.07) is 4.29. The fourth-order valence-electron chi connectivity index (χ4n) is 1.52. The summed E-state index contributed by atoms with van der Waals surface area (Å²) in [5.41, 5.74) is 7.77. The molecule has 0 radical (unpaired) electrons. The predicted molar refractivity (Wildman–Crippen MR) is 60.5 cm³/mol. The average molecular weight is 221 g/mol. The van der Waals surface area contributed by atoms with Crippen LogP contribution in [0.3, 0.4) is 0 Å². The molecule has 0 fully saturated rings. The molecule has 16 heavy (non-hydrogen) atoms. The highest BCUT2D eigenvalue weighted by molar-refractivity contribution is 5.99. The Hall–Kier alpha value is -1.68. The monoisotopic (exact) mass is 221 g/mol. The minimum absolute atomic E-state index is 0.167. The van der Waals surface area contributed by atoms with E-state index in [-0.39, 0.29) is 12.2 Å². The number of aryl methyl sites for hydroxylation is 2. The fourth-order valence-corrected chi connectivity index (χ4v) is 1.52. The average Bonchev–Trinajstić information content (AvgIpc) is 2.16. The molecule has 1 unspecified atom stereocenters. The van der Waals surface area contributed by atoms with Crippen LogP contribution in [0.25, 0.3) is 0 Å². The van der Waals surface area contributed by atoms with Gasteiger partial charge in [0, 0.05) is 12.0 Å². The first-order valence-electron chi connectivity index (χ1n) is 5.00. The van der Waals surface area contributed by atoms with Gasteiger partial charge in [0.05, 0.1) is 0 Å². The van der Waals surface area contributed by atoms with E-state index in [1.807, 2.05) is 26.0 Å². The van der Waals surface area contributed by atoms with Crippen molar-refractivity contribution in [3.63, 3.8) is 0 Å². The maximum atomic E-state index is 11.7. The lowest BCUT2D eigenvalue weighted by Gasteiger charge is -2.08. The van der Waals surface area contributed by atoms with E-state index in [2.05, 4.69) is 0 Å². The third kappa shape index (κ3) is 2.90. The molecule has 0 amide bonds. The number of nitrogens with two attached hydrogens (primary N) is 1. The quantitative estimate of drug-likeness (QED) is 0.751. The van der Waals surface area contributed by atoms with Crippen molar-refractivity contribution < 1.29 is 14.7 Å². The second-order valence-electron chi connectivity index (χ2n) is 3.89. The molecule has 4 heteroatoms. The Balaban J connectivity index is 2.85. The smallest absolute Gasteiger partial charge is 0.320 e. The van der Waals surface area contributed by atoms with Gasteiger partial charge in [0.1, 0.15) is 6.04 Å². The van der Waals surface area contributed by atoms with Crippen LogP contribution >= 0.6 is 0 Å². The van der Waals surface area contributed by atoms with E-state index in [9.17, 15) is 9.59 Å². The highest BCUT2D eigenvalue weighted by atomic mass is 16.4. The lowest BCUT2D eigenvalue weighted by Crippen LogP contribution is -2.32. The third-order valence-corrected chi connectivity index (χ3v) is 2.40. The van der Waals surface area contributed by atoms with Crippen LogP contribution in [0.15, 0.2) is 18.2 Å². The minimum Gasteiger partial charge on any atom is -0.480 e. The standard InChI is InChI=1S/C12H15NO3/c1-7-3-4-9(8(2)5-7)11(14)6-10(13)12(15)16/h3-5,10H,6,13H2,1-2H3,(H,15,16). The van der Waals surface area contributed by atoms with Crippen LogP contribution < -0.4 is 5.73 Å². The number of Topliss-reactive ketones (excluding diaryl/α,β-unsaturated/α-hetero) is 1. The van der Waals surface area contributed by atoms with E-state index in [0.717, 1.165) is 11.1 Å². The molecular weight excluding hydrogens is 206 g/mol. The number of hydrogen-bond acceptors (Lipinski definition) is 3. The zero-order valence-corrected chi connectivity index (χ0v) is 9.36. The Morgan fingerprint density at radius 3 is 2.50 bits per heavy atom. The van der Waals surface area contributed by atoms with Crippen molar-refractivity contribution in [3.8, 4) is 0 Å². The molecule has 3 N–H and O–H groups in total. The van der Waals surface area contributed by atoms with Crippen LogP contribution in [0.1, 0.15) is 27.9 Å². The van der Waals surface area contributed by atoms with Crippen LogP contribution in [0.2, 0.25) is 0 Å². The van der Waals surface area contributed by atoms with Gasteiger partial charge in [0.25, 0.3) is 0 Å². The molecule has 0 aliphatic carbocycles. The number of hydrogen-bond donors (Lipinski definition) is 2. The van der Waals surface area contributed by atoms with Crippen molar-refractivity contribution in [3.05, 3.63) is 34.9 Å². The number of carbonyl (C=O) groups excluding carboxylic acids is 1. The first-order valence-corrected chi connectivity index (χ1v) is 5.00. The fraction of sp³-hybridized carbons (Fsp3) is 0.333. The zero-order valence-electron chi connectivity index (χ0n) is 9.36. The lowest BCUT2D eigenvalue weighted by atomic mass is 9.98. The second kappa shape index (κ2) is 4.90. The highest BCUT2D eigenvalue weighted by Crippen LogP contribution is 2.13. The van der Waals surface area contributed by atoms with Crippen molar-refractivity contribution in [2.45, 2.75) is 26.3 Å². The van der Waals surface area contributed by atoms with Crippen molar-refractivity contribution >= 4 is 11.8 Å². The van der Waals surface area contributed by atoms with Gasteiger partial charge in [0.15, 0.2) is 5.78 Å². The Labute approximate surface area is 94.1 Å². The molecular formula is C12H15NO3. The van der Waals surface area contributed by atoms with Crippen LogP contribution in [0.4, 0.5) is 0 Å². The zero-order chi connectivity index (χ0) is 12.3. The van der Waals surface area contributed by atoms with Crippen LogP contribution in [0, 0.1) is 13.8 Å². The van der Waals surface area contributed by atoms with Crippen molar-refractivity contribution in [2.75, 3.05) is 0 Å². The lowest BCUT2D eigenvalue weighted by molar-refractivity contribution is -0.138. The summed E-state index contributed by atoms with van der Waals surface area (Å²) in [6.07, 6.45) is -0.167. The summed E-state index contributed by atoms with van der Waals surface area (Å²) >= 11 is 0. The van der Waals surface area contributed by atoms with Crippen LogP contribution in [-0.2, 0) is 4.79 Å². The number of carboxylic acid groups (broad SMARTS) is 1.